The predicted molar refractivity (Wildman–Crippen MR) is 105 cm³/mol. The van der Waals surface area contributed by atoms with E-state index in [9.17, 15) is 0 Å². The number of methoxy groups -OCH3 is 1. The third-order valence-electron chi connectivity index (χ3n) is 5.36. The molecule has 3 aromatic rings. The standard InChI is InChI=1S/C22H24N2O2/c1-25-19-9-7-18(8-10-19)22(12-14-26-15-13-22)16-23-21-11-6-17-4-2-3-5-20(17)24-21/h2-11H,12-16H2,1H3,(H,23,24). The fourth-order valence-corrected chi connectivity index (χ4v) is 3.70. The van der Waals surface area contributed by atoms with Crippen molar-refractivity contribution >= 4 is 16.7 Å². The summed E-state index contributed by atoms with van der Waals surface area (Å²) in [5.74, 6) is 1.81. The summed E-state index contributed by atoms with van der Waals surface area (Å²) < 4.78 is 10.9. The largest absolute Gasteiger partial charge is 0.497 e. The van der Waals surface area contributed by atoms with Crippen molar-refractivity contribution in [3.8, 4) is 5.75 Å². The van der Waals surface area contributed by atoms with E-state index in [-0.39, 0.29) is 5.41 Å². The zero-order chi connectivity index (χ0) is 17.8. The molecule has 1 N–H and O–H groups in total. The summed E-state index contributed by atoms with van der Waals surface area (Å²) in [5, 5.41) is 4.74. The predicted octanol–water partition coefficient (Wildman–Crippen LogP) is 4.40. The molecule has 134 valence electrons. The van der Waals surface area contributed by atoms with Crippen LogP contribution in [0.1, 0.15) is 18.4 Å². The Balaban J connectivity index is 1.57. The molecule has 2 heterocycles. The van der Waals surface area contributed by atoms with Gasteiger partial charge in [0.25, 0.3) is 0 Å². The Hall–Kier alpha value is -2.59. The molecule has 0 aliphatic carbocycles. The van der Waals surface area contributed by atoms with E-state index in [1.165, 1.54) is 5.56 Å². The van der Waals surface area contributed by atoms with Crippen molar-refractivity contribution in [2.45, 2.75) is 18.3 Å². The number of nitrogens with one attached hydrogen (secondary N) is 1. The van der Waals surface area contributed by atoms with Crippen LogP contribution in [0.3, 0.4) is 0 Å². The molecular weight excluding hydrogens is 324 g/mol. The SMILES string of the molecule is COc1ccc(C2(CNc3ccc4ccccc4n3)CCOCC2)cc1. The van der Waals surface area contributed by atoms with Gasteiger partial charge in [-0.25, -0.2) is 4.98 Å². The normalized spacial score (nSPS) is 16.3. The molecule has 4 rings (SSSR count). The number of nitrogens with zero attached hydrogens (tertiary/aromatic N) is 1. The Morgan fingerprint density at radius 2 is 1.77 bits per heavy atom. The van der Waals surface area contributed by atoms with E-state index in [1.807, 2.05) is 30.3 Å². The molecule has 0 unspecified atom stereocenters. The zero-order valence-corrected chi connectivity index (χ0v) is 15.1. The topological polar surface area (TPSA) is 43.4 Å². The fraction of sp³-hybridized carbons (Fsp3) is 0.318. The molecule has 4 nitrogen and oxygen atoms in total. The maximum atomic E-state index is 5.63. The summed E-state index contributed by atoms with van der Waals surface area (Å²) in [6, 6.07) is 20.8. The first kappa shape index (κ1) is 16.9. The molecule has 0 amide bonds. The van der Waals surface area contributed by atoms with Gasteiger partial charge in [0.05, 0.1) is 12.6 Å². The molecule has 1 aliphatic heterocycles. The van der Waals surface area contributed by atoms with Crippen LogP contribution in [0, 0.1) is 0 Å². The van der Waals surface area contributed by atoms with Crippen LogP contribution >= 0.6 is 0 Å². The number of hydrogen-bond acceptors (Lipinski definition) is 4. The number of benzene rings is 2. The zero-order valence-electron chi connectivity index (χ0n) is 15.1. The summed E-state index contributed by atoms with van der Waals surface area (Å²) >= 11 is 0. The van der Waals surface area contributed by atoms with E-state index in [1.54, 1.807) is 7.11 Å². The van der Waals surface area contributed by atoms with Crippen molar-refractivity contribution in [3.63, 3.8) is 0 Å². The first-order valence-corrected chi connectivity index (χ1v) is 9.11. The van der Waals surface area contributed by atoms with Crippen LogP contribution in [-0.2, 0) is 10.2 Å². The van der Waals surface area contributed by atoms with Gasteiger partial charge in [0, 0.05) is 30.6 Å². The van der Waals surface area contributed by atoms with E-state index >= 15 is 0 Å². The molecule has 1 aliphatic rings. The lowest BCUT2D eigenvalue weighted by atomic mass is 9.74. The van der Waals surface area contributed by atoms with E-state index in [0.29, 0.717) is 0 Å². The van der Waals surface area contributed by atoms with E-state index in [4.69, 9.17) is 14.5 Å². The Morgan fingerprint density at radius 3 is 2.54 bits per heavy atom. The highest BCUT2D eigenvalue weighted by atomic mass is 16.5. The van der Waals surface area contributed by atoms with Gasteiger partial charge in [-0.05, 0) is 48.7 Å². The second-order valence-corrected chi connectivity index (χ2v) is 6.86. The molecule has 0 spiro atoms. The number of anilines is 1. The van der Waals surface area contributed by atoms with Gasteiger partial charge in [0.15, 0.2) is 0 Å². The first-order valence-electron chi connectivity index (χ1n) is 9.11. The van der Waals surface area contributed by atoms with Crippen LogP contribution in [0.5, 0.6) is 5.75 Å². The number of ether oxygens (including phenoxy) is 2. The molecule has 0 radical (unpaired) electrons. The molecule has 0 saturated carbocycles. The molecular formula is C22H24N2O2. The van der Waals surface area contributed by atoms with Crippen molar-refractivity contribution in [1.82, 2.24) is 4.98 Å². The van der Waals surface area contributed by atoms with Gasteiger partial charge >= 0.3 is 0 Å². The maximum Gasteiger partial charge on any atom is 0.126 e. The number of pyridine rings is 1. The quantitative estimate of drug-likeness (QED) is 0.742. The highest BCUT2D eigenvalue weighted by molar-refractivity contribution is 5.80. The Bertz CT molecular complexity index is 871. The molecule has 1 fully saturated rings. The number of hydrogen-bond donors (Lipinski definition) is 1. The van der Waals surface area contributed by atoms with Crippen LogP contribution < -0.4 is 10.1 Å². The van der Waals surface area contributed by atoms with Crippen LogP contribution in [-0.4, -0.2) is 31.9 Å². The molecule has 1 aromatic heterocycles. The third-order valence-corrected chi connectivity index (χ3v) is 5.36. The summed E-state index contributed by atoms with van der Waals surface area (Å²) in [5.41, 5.74) is 2.40. The van der Waals surface area contributed by atoms with Gasteiger partial charge < -0.3 is 14.8 Å². The molecule has 4 heteroatoms. The van der Waals surface area contributed by atoms with Gasteiger partial charge in [0.2, 0.25) is 0 Å². The Kier molecular flexibility index (Phi) is 4.76. The minimum Gasteiger partial charge on any atom is -0.497 e. The highest BCUT2D eigenvalue weighted by Crippen LogP contribution is 2.36. The minimum atomic E-state index is 0.0534. The third kappa shape index (κ3) is 3.37. The highest BCUT2D eigenvalue weighted by Gasteiger charge is 2.34. The van der Waals surface area contributed by atoms with Crippen LogP contribution in [0.25, 0.3) is 10.9 Å². The van der Waals surface area contributed by atoms with E-state index in [0.717, 1.165) is 55.1 Å². The second-order valence-electron chi connectivity index (χ2n) is 6.86. The van der Waals surface area contributed by atoms with Crippen LogP contribution in [0.15, 0.2) is 60.7 Å². The lowest BCUT2D eigenvalue weighted by Gasteiger charge is -2.38. The maximum absolute atomic E-state index is 5.63. The lowest BCUT2D eigenvalue weighted by Crippen LogP contribution is -2.40. The van der Waals surface area contributed by atoms with Gasteiger partial charge in [-0.1, -0.05) is 30.3 Å². The minimum absolute atomic E-state index is 0.0534. The van der Waals surface area contributed by atoms with Gasteiger partial charge in [0.1, 0.15) is 11.6 Å². The smallest absolute Gasteiger partial charge is 0.126 e. The molecule has 26 heavy (non-hydrogen) atoms. The Morgan fingerprint density at radius 1 is 1.00 bits per heavy atom. The average molecular weight is 348 g/mol. The molecule has 0 atom stereocenters. The van der Waals surface area contributed by atoms with Gasteiger partial charge in [-0.3, -0.25) is 0 Å². The number of rotatable bonds is 5. The second kappa shape index (κ2) is 7.34. The van der Waals surface area contributed by atoms with Crippen molar-refractivity contribution in [2.75, 3.05) is 32.2 Å². The lowest BCUT2D eigenvalue weighted by molar-refractivity contribution is 0.0543. The van der Waals surface area contributed by atoms with E-state index < -0.39 is 0 Å². The van der Waals surface area contributed by atoms with E-state index in [2.05, 4.69) is 35.6 Å². The molecule has 1 saturated heterocycles. The summed E-state index contributed by atoms with van der Waals surface area (Å²) in [4.78, 5) is 4.75. The van der Waals surface area contributed by atoms with Crippen molar-refractivity contribution in [3.05, 3.63) is 66.2 Å². The summed E-state index contributed by atoms with van der Waals surface area (Å²) in [6.45, 7) is 2.42. The van der Waals surface area contributed by atoms with Crippen LogP contribution in [0.2, 0.25) is 0 Å². The number of para-hydroxylation sites is 1. The molecule has 0 bridgehead atoms. The summed E-state index contributed by atoms with van der Waals surface area (Å²) in [6.07, 6.45) is 2.00. The van der Waals surface area contributed by atoms with Crippen molar-refractivity contribution in [1.29, 1.82) is 0 Å². The van der Waals surface area contributed by atoms with Crippen LogP contribution in [0.4, 0.5) is 5.82 Å². The first-order chi connectivity index (χ1) is 12.8. The van der Waals surface area contributed by atoms with Crippen molar-refractivity contribution in [2.24, 2.45) is 0 Å². The van der Waals surface area contributed by atoms with Crippen molar-refractivity contribution < 1.29 is 9.47 Å². The van der Waals surface area contributed by atoms with Gasteiger partial charge in [-0.2, -0.15) is 0 Å². The van der Waals surface area contributed by atoms with Gasteiger partial charge in [-0.15, -0.1) is 0 Å². The summed E-state index contributed by atoms with van der Waals surface area (Å²) in [7, 11) is 1.70. The average Bonchev–Trinajstić information content (AvgIpc) is 2.73. The fourth-order valence-electron chi connectivity index (χ4n) is 3.70. The number of aromatic nitrogens is 1. The Labute approximate surface area is 154 Å². The monoisotopic (exact) mass is 348 g/mol. The molecule has 2 aromatic carbocycles. The number of fused-ring (bicyclic) bond motifs is 1.